The third-order valence-corrected chi connectivity index (χ3v) is 5.58. The van der Waals surface area contributed by atoms with E-state index in [1.54, 1.807) is 6.33 Å². The van der Waals surface area contributed by atoms with E-state index in [0.29, 0.717) is 31.3 Å². The first-order valence-corrected chi connectivity index (χ1v) is 8.77. The van der Waals surface area contributed by atoms with Gasteiger partial charge in [0.15, 0.2) is 0 Å². The molecule has 0 saturated heterocycles. The van der Waals surface area contributed by atoms with Crippen molar-refractivity contribution >= 4 is 11.7 Å². The molecule has 25 heavy (non-hydrogen) atoms. The monoisotopic (exact) mass is 337 g/mol. The Bertz CT molecular complexity index is 820. The highest BCUT2D eigenvalue weighted by Crippen LogP contribution is 2.49. The Kier molecular flexibility index (Phi) is 3.90. The summed E-state index contributed by atoms with van der Waals surface area (Å²) >= 11 is 0. The van der Waals surface area contributed by atoms with Crippen LogP contribution in [0, 0.1) is 19.8 Å². The summed E-state index contributed by atoms with van der Waals surface area (Å²) in [5.74, 6) is 2.00. The molecule has 0 aromatic carbocycles. The molecule has 1 aliphatic carbocycles. The Morgan fingerprint density at radius 3 is 2.68 bits per heavy atom. The summed E-state index contributed by atoms with van der Waals surface area (Å²) < 4.78 is 0. The van der Waals surface area contributed by atoms with E-state index < -0.39 is 0 Å². The maximum absolute atomic E-state index is 12.8. The van der Waals surface area contributed by atoms with Gasteiger partial charge >= 0.3 is 0 Å². The molecule has 6 nitrogen and oxygen atoms in total. The Balaban J connectivity index is 1.44. The normalized spacial score (nSPS) is 21.2. The molecule has 0 bridgehead atoms. The van der Waals surface area contributed by atoms with Crippen molar-refractivity contribution in [2.24, 2.45) is 5.92 Å². The van der Waals surface area contributed by atoms with Gasteiger partial charge in [-0.2, -0.15) is 0 Å². The van der Waals surface area contributed by atoms with Crippen LogP contribution in [0.5, 0.6) is 0 Å². The highest BCUT2D eigenvalue weighted by molar-refractivity contribution is 5.78. The molecule has 4 rings (SSSR count). The van der Waals surface area contributed by atoms with Gasteiger partial charge in [0.05, 0.1) is 0 Å². The lowest BCUT2D eigenvalue weighted by Crippen LogP contribution is -2.25. The molecule has 2 aromatic rings. The van der Waals surface area contributed by atoms with Gasteiger partial charge in [-0.15, -0.1) is 0 Å². The minimum atomic E-state index is 0.236. The molecule has 1 aliphatic heterocycles. The number of carbonyl (C=O) groups is 1. The summed E-state index contributed by atoms with van der Waals surface area (Å²) in [7, 11) is 1.89. The lowest BCUT2D eigenvalue weighted by Gasteiger charge is -2.15. The fourth-order valence-corrected chi connectivity index (χ4v) is 3.85. The van der Waals surface area contributed by atoms with E-state index in [2.05, 4.69) is 27.2 Å². The first-order valence-electron chi connectivity index (χ1n) is 8.77. The Morgan fingerprint density at radius 1 is 1.24 bits per heavy atom. The standard InChI is InChI=1S/C19H23N5O/c1-11-12(2)23-19(20-3)17-9-24(8-16(11)17)18(25)5-13-4-15(13)14-6-21-10-22-7-14/h6-7,10,13,15H,4-5,8-9H2,1-3H3,(H,20,23). The van der Waals surface area contributed by atoms with E-state index in [1.807, 2.05) is 31.3 Å². The molecule has 1 N–H and O–H groups in total. The van der Waals surface area contributed by atoms with Crippen LogP contribution in [-0.2, 0) is 17.9 Å². The van der Waals surface area contributed by atoms with Crippen LogP contribution in [0.2, 0.25) is 0 Å². The van der Waals surface area contributed by atoms with Crippen molar-refractivity contribution in [2.75, 3.05) is 12.4 Å². The van der Waals surface area contributed by atoms with E-state index in [9.17, 15) is 4.79 Å². The third-order valence-electron chi connectivity index (χ3n) is 5.58. The predicted octanol–water partition coefficient (Wildman–Crippen LogP) is 2.57. The largest absolute Gasteiger partial charge is 0.373 e. The SMILES string of the molecule is CNc1nc(C)c(C)c2c1CN(C(=O)CC1CC1c1cncnc1)C2. The molecule has 0 spiro atoms. The fraction of sp³-hybridized carbons (Fsp3) is 0.474. The quantitative estimate of drug-likeness (QED) is 0.928. The number of fused-ring (bicyclic) bond motifs is 1. The molecule has 6 heteroatoms. The first-order chi connectivity index (χ1) is 12.1. The average Bonchev–Trinajstić information content (AvgIpc) is 3.24. The average molecular weight is 337 g/mol. The highest BCUT2D eigenvalue weighted by atomic mass is 16.2. The van der Waals surface area contributed by atoms with Crippen LogP contribution in [0.25, 0.3) is 0 Å². The minimum Gasteiger partial charge on any atom is -0.373 e. The van der Waals surface area contributed by atoms with Crippen LogP contribution in [0.3, 0.4) is 0 Å². The van der Waals surface area contributed by atoms with Crippen LogP contribution >= 0.6 is 0 Å². The molecular formula is C19H23N5O. The second-order valence-electron chi connectivity index (χ2n) is 7.11. The summed E-state index contributed by atoms with van der Waals surface area (Å²) in [4.78, 5) is 27.5. The minimum absolute atomic E-state index is 0.236. The maximum atomic E-state index is 12.8. The van der Waals surface area contributed by atoms with Crippen molar-refractivity contribution in [3.8, 4) is 0 Å². The summed E-state index contributed by atoms with van der Waals surface area (Å²) in [6, 6.07) is 0. The van der Waals surface area contributed by atoms with Gasteiger partial charge in [0.25, 0.3) is 0 Å². The van der Waals surface area contributed by atoms with Crippen molar-refractivity contribution in [2.45, 2.75) is 45.7 Å². The molecule has 1 amide bonds. The van der Waals surface area contributed by atoms with Gasteiger partial charge in [0.2, 0.25) is 5.91 Å². The lowest BCUT2D eigenvalue weighted by molar-refractivity contribution is -0.132. The van der Waals surface area contributed by atoms with Gasteiger partial charge in [0.1, 0.15) is 12.1 Å². The summed E-state index contributed by atoms with van der Waals surface area (Å²) in [6.45, 7) is 5.48. The number of pyridine rings is 1. The van der Waals surface area contributed by atoms with Crippen molar-refractivity contribution in [1.29, 1.82) is 0 Å². The number of aryl methyl sites for hydroxylation is 1. The topological polar surface area (TPSA) is 71.0 Å². The molecule has 0 radical (unpaired) electrons. The van der Waals surface area contributed by atoms with Crippen LogP contribution in [0.15, 0.2) is 18.7 Å². The Morgan fingerprint density at radius 2 is 1.96 bits per heavy atom. The first kappa shape index (κ1) is 16.0. The van der Waals surface area contributed by atoms with E-state index in [1.165, 1.54) is 16.7 Å². The molecule has 3 heterocycles. The van der Waals surface area contributed by atoms with Crippen LogP contribution in [-0.4, -0.2) is 32.8 Å². The smallest absolute Gasteiger partial charge is 0.223 e. The molecule has 2 aliphatic rings. The zero-order chi connectivity index (χ0) is 17.6. The van der Waals surface area contributed by atoms with Crippen molar-refractivity contribution < 1.29 is 4.79 Å². The van der Waals surface area contributed by atoms with E-state index in [4.69, 9.17) is 0 Å². The molecule has 1 fully saturated rings. The maximum Gasteiger partial charge on any atom is 0.223 e. The number of nitrogens with one attached hydrogen (secondary N) is 1. The van der Waals surface area contributed by atoms with Gasteiger partial charge in [-0.3, -0.25) is 4.79 Å². The second-order valence-corrected chi connectivity index (χ2v) is 7.11. The van der Waals surface area contributed by atoms with Crippen molar-refractivity contribution in [3.05, 3.63) is 46.7 Å². The van der Waals surface area contributed by atoms with Gasteiger partial charge in [-0.25, -0.2) is 15.0 Å². The van der Waals surface area contributed by atoms with Gasteiger partial charge in [-0.05, 0) is 48.8 Å². The van der Waals surface area contributed by atoms with E-state index in [-0.39, 0.29) is 5.91 Å². The molecule has 1 saturated carbocycles. The number of rotatable bonds is 4. The van der Waals surface area contributed by atoms with Crippen LogP contribution in [0.1, 0.15) is 46.7 Å². The molecule has 2 aromatic heterocycles. The zero-order valence-electron chi connectivity index (χ0n) is 14.9. The number of aromatic nitrogens is 3. The second kappa shape index (κ2) is 6.10. The number of amides is 1. The van der Waals surface area contributed by atoms with E-state index >= 15 is 0 Å². The number of hydrogen-bond acceptors (Lipinski definition) is 5. The highest BCUT2D eigenvalue weighted by Gasteiger charge is 2.41. The van der Waals surface area contributed by atoms with Crippen LogP contribution in [0.4, 0.5) is 5.82 Å². The van der Waals surface area contributed by atoms with Gasteiger partial charge in [0, 0.05) is 50.2 Å². The Hall–Kier alpha value is -2.50. The lowest BCUT2D eigenvalue weighted by atomic mass is 10.0. The van der Waals surface area contributed by atoms with E-state index in [0.717, 1.165) is 23.5 Å². The fourth-order valence-electron chi connectivity index (χ4n) is 3.85. The van der Waals surface area contributed by atoms with Crippen molar-refractivity contribution in [1.82, 2.24) is 19.9 Å². The Labute approximate surface area is 147 Å². The predicted molar refractivity (Wildman–Crippen MR) is 95.0 cm³/mol. The van der Waals surface area contributed by atoms with Gasteiger partial charge in [-0.1, -0.05) is 0 Å². The third kappa shape index (κ3) is 2.86. The molecular weight excluding hydrogens is 314 g/mol. The molecule has 130 valence electrons. The summed E-state index contributed by atoms with van der Waals surface area (Å²) in [5, 5.41) is 3.17. The molecule has 2 unspecified atom stereocenters. The van der Waals surface area contributed by atoms with Gasteiger partial charge < -0.3 is 10.2 Å². The molecule has 2 atom stereocenters. The van der Waals surface area contributed by atoms with Crippen molar-refractivity contribution in [3.63, 3.8) is 0 Å². The number of nitrogens with zero attached hydrogens (tertiary/aromatic N) is 4. The van der Waals surface area contributed by atoms with Crippen LogP contribution < -0.4 is 5.32 Å². The zero-order valence-corrected chi connectivity index (χ0v) is 14.9. The number of carbonyl (C=O) groups excluding carboxylic acids is 1. The summed E-state index contributed by atoms with van der Waals surface area (Å²) in [6.07, 6.45) is 6.94. The number of hydrogen-bond donors (Lipinski definition) is 1. The number of anilines is 1. The summed E-state index contributed by atoms with van der Waals surface area (Å²) in [5.41, 5.74) is 5.81.